The van der Waals surface area contributed by atoms with Crippen LogP contribution in [-0.4, -0.2) is 31.5 Å². The molecule has 1 aliphatic heterocycles. The number of H-pyrrole nitrogens is 1. The highest BCUT2D eigenvalue weighted by Crippen LogP contribution is 2.46. The number of imidazole rings is 2. The van der Waals surface area contributed by atoms with Gasteiger partial charge in [0.1, 0.15) is 5.82 Å². The molecule has 3 aromatic heterocycles. The first-order valence-corrected chi connectivity index (χ1v) is 19.9. The number of rotatable bonds is 9. The number of aryl methyl sites for hydroxylation is 2. The number of nitrogens with zero attached hydrogens (tertiary/aromatic N) is 6. The van der Waals surface area contributed by atoms with E-state index in [1.54, 1.807) is 6.20 Å². The number of aromatic amines is 1. The Bertz CT molecular complexity index is 2450. The third-order valence-electron chi connectivity index (χ3n) is 11.1. The summed E-state index contributed by atoms with van der Waals surface area (Å²) in [6, 6.07) is 37.4. The Morgan fingerprint density at radius 2 is 1.32 bits per heavy atom. The molecular weight excluding hydrogens is 685 g/mol. The van der Waals surface area contributed by atoms with Gasteiger partial charge in [-0.1, -0.05) is 126 Å². The Hall–Kier alpha value is -5.89. The van der Waals surface area contributed by atoms with Gasteiger partial charge in [0.05, 0.1) is 22.8 Å². The van der Waals surface area contributed by atoms with Crippen LogP contribution < -0.4 is 15.1 Å². The largest absolute Gasteiger partial charge is 0.422 e. The molecule has 0 aliphatic carbocycles. The lowest BCUT2D eigenvalue weighted by atomic mass is 9.61. The van der Waals surface area contributed by atoms with Gasteiger partial charge in [-0.3, -0.25) is 4.57 Å². The van der Waals surface area contributed by atoms with Crippen LogP contribution in [0.25, 0.3) is 17.3 Å². The molecule has 1 N–H and O–H groups in total. The molecule has 7 aromatic rings. The second kappa shape index (κ2) is 14.6. The quantitative estimate of drug-likeness (QED) is 0.149. The van der Waals surface area contributed by atoms with E-state index in [4.69, 9.17) is 15.0 Å². The minimum atomic E-state index is -0.154. The van der Waals surface area contributed by atoms with E-state index < -0.39 is 0 Å². The van der Waals surface area contributed by atoms with Crippen LogP contribution in [0.4, 0.5) is 22.9 Å². The van der Waals surface area contributed by atoms with E-state index >= 15 is 0 Å². The SMILES string of the molecule is Cc1cccc(C)c1B1N(c2ccccc2)c2ccccc2N1c1cc(C(C)(C)C)cc(Cc2cn(-c3c(C(C)C)cccc3C(C)C)c(-c3ncc[nH]3)n2)n1. The van der Waals surface area contributed by atoms with Gasteiger partial charge < -0.3 is 14.6 Å². The predicted octanol–water partition coefficient (Wildman–Crippen LogP) is 11.1. The van der Waals surface area contributed by atoms with Crippen molar-refractivity contribution in [3.05, 3.63) is 161 Å². The minimum Gasteiger partial charge on any atom is -0.360 e. The first-order chi connectivity index (χ1) is 26.9. The van der Waals surface area contributed by atoms with Crippen LogP contribution in [0.15, 0.2) is 122 Å². The molecule has 8 rings (SSSR count). The maximum Gasteiger partial charge on any atom is 0.422 e. The number of aromatic nitrogens is 5. The van der Waals surface area contributed by atoms with Crippen LogP contribution in [0.1, 0.15) is 99.5 Å². The minimum absolute atomic E-state index is 0.125. The molecule has 8 heteroatoms. The number of nitrogens with one attached hydrogen (secondary N) is 1. The topological polar surface area (TPSA) is 65.9 Å². The molecular formula is C48H52BN7. The lowest BCUT2D eigenvalue weighted by molar-refractivity contribution is 0.588. The number of hydrogen-bond donors (Lipinski definition) is 1. The molecule has 0 saturated carbocycles. The fourth-order valence-electron chi connectivity index (χ4n) is 8.29. The molecule has 1 aliphatic rings. The van der Waals surface area contributed by atoms with Crippen molar-refractivity contribution >= 4 is 35.3 Å². The molecule has 56 heavy (non-hydrogen) atoms. The maximum absolute atomic E-state index is 5.58. The molecule has 0 unspecified atom stereocenters. The van der Waals surface area contributed by atoms with E-state index in [1.165, 1.54) is 39.0 Å². The number of anilines is 4. The fraction of sp³-hybridized carbons (Fsp3) is 0.271. The second-order valence-corrected chi connectivity index (χ2v) is 16.8. The van der Waals surface area contributed by atoms with Gasteiger partial charge in [-0.15, -0.1) is 0 Å². The molecule has 7 nitrogen and oxygen atoms in total. The monoisotopic (exact) mass is 737 g/mol. The zero-order valence-corrected chi connectivity index (χ0v) is 34.2. The summed E-state index contributed by atoms with van der Waals surface area (Å²) in [6.45, 7) is 20.2. The van der Waals surface area contributed by atoms with Crippen molar-refractivity contribution in [1.82, 2.24) is 24.5 Å². The molecule has 0 atom stereocenters. The average Bonchev–Trinajstić information content (AvgIpc) is 3.92. The lowest BCUT2D eigenvalue weighted by Gasteiger charge is -2.32. The Balaban J connectivity index is 1.32. The van der Waals surface area contributed by atoms with Crippen LogP contribution in [0.5, 0.6) is 0 Å². The standard InChI is InChI=1S/C48H52BN7/c1-31(2)39-21-16-22-40(32(3)4)45(39)54-30-37(53-47(54)46-50-25-26-51-46)29-36-27-35(48(7,8)9)28-43(52-36)56-42-24-14-13-23-41(42)55(38-19-11-10-12-20-38)49(56)44-33(5)17-15-18-34(44)6/h10-28,30-32H,29H2,1-9H3,(H,50,51). The van der Waals surface area contributed by atoms with E-state index in [9.17, 15) is 0 Å². The van der Waals surface area contributed by atoms with Crippen LogP contribution in [0, 0.1) is 13.8 Å². The number of pyridine rings is 1. The van der Waals surface area contributed by atoms with Gasteiger partial charge in [-0.2, -0.15) is 0 Å². The van der Waals surface area contributed by atoms with E-state index in [0.717, 1.165) is 45.9 Å². The first kappa shape index (κ1) is 37.1. The Morgan fingerprint density at radius 1 is 0.696 bits per heavy atom. The molecule has 0 fully saturated rings. The third-order valence-corrected chi connectivity index (χ3v) is 11.1. The Morgan fingerprint density at radius 3 is 1.93 bits per heavy atom. The number of benzene rings is 4. The highest BCUT2D eigenvalue weighted by Gasteiger charge is 2.45. The zero-order valence-electron chi connectivity index (χ0n) is 34.2. The summed E-state index contributed by atoms with van der Waals surface area (Å²) in [6.07, 6.45) is 6.43. The Labute approximate surface area is 332 Å². The molecule has 0 saturated heterocycles. The van der Waals surface area contributed by atoms with Crippen LogP contribution >= 0.6 is 0 Å². The van der Waals surface area contributed by atoms with Gasteiger partial charge in [0.2, 0.25) is 0 Å². The van der Waals surface area contributed by atoms with Crippen molar-refractivity contribution in [2.45, 2.75) is 86.0 Å². The highest BCUT2D eigenvalue weighted by atomic mass is 15.3. The van der Waals surface area contributed by atoms with Crippen molar-refractivity contribution in [1.29, 1.82) is 0 Å². The second-order valence-electron chi connectivity index (χ2n) is 16.8. The third kappa shape index (κ3) is 6.72. The van der Waals surface area contributed by atoms with Gasteiger partial charge >= 0.3 is 6.98 Å². The van der Waals surface area contributed by atoms with Crippen molar-refractivity contribution in [2.24, 2.45) is 0 Å². The summed E-state index contributed by atoms with van der Waals surface area (Å²) in [7, 11) is 0. The summed E-state index contributed by atoms with van der Waals surface area (Å²) in [5.41, 5.74) is 14.0. The van der Waals surface area contributed by atoms with Gasteiger partial charge in [0.25, 0.3) is 0 Å². The molecule has 4 heterocycles. The molecule has 0 radical (unpaired) electrons. The molecule has 0 amide bonds. The number of fused-ring (bicyclic) bond motifs is 1. The first-order valence-electron chi connectivity index (χ1n) is 19.9. The van der Waals surface area contributed by atoms with Gasteiger partial charge in [-0.05, 0) is 89.6 Å². The van der Waals surface area contributed by atoms with E-state index in [0.29, 0.717) is 18.3 Å². The van der Waals surface area contributed by atoms with Gasteiger partial charge in [0.15, 0.2) is 11.6 Å². The van der Waals surface area contributed by atoms with Crippen LogP contribution in [0.2, 0.25) is 0 Å². The van der Waals surface area contributed by atoms with Gasteiger partial charge in [0, 0.05) is 36.4 Å². The van der Waals surface area contributed by atoms with Crippen molar-refractivity contribution in [3.63, 3.8) is 0 Å². The molecule has 0 bridgehead atoms. The van der Waals surface area contributed by atoms with Gasteiger partial charge in [-0.25, -0.2) is 15.0 Å². The smallest absolute Gasteiger partial charge is 0.360 e. The summed E-state index contributed by atoms with van der Waals surface area (Å²) >= 11 is 0. The summed E-state index contributed by atoms with van der Waals surface area (Å²) < 4.78 is 2.26. The highest BCUT2D eigenvalue weighted by molar-refractivity contribution is 6.85. The molecule has 0 spiro atoms. The van der Waals surface area contributed by atoms with Crippen LogP contribution in [-0.2, 0) is 11.8 Å². The maximum atomic E-state index is 5.58. The number of para-hydroxylation sites is 4. The van der Waals surface area contributed by atoms with Crippen molar-refractivity contribution in [3.8, 4) is 17.3 Å². The zero-order chi connectivity index (χ0) is 39.3. The predicted molar refractivity (Wildman–Crippen MR) is 234 cm³/mol. The molecule has 282 valence electrons. The summed E-state index contributed by atoms with van der Waals surface area (Å²) in [4.78, 5) is 23.9. The summed E-state index contributed by atoms with van der Waals surface area (Å²) in [5.74, 6) is 3.12. The van der Waals surface area contributed by atoms with E-state index in [-0.39, 0.29) is 12.4 Å². The van der Waals surface area contributed by atoms with Crippen molar-refractivity contribution < 1.29 is 0 Å². The van der Waals surface area contributed by atoms with Crippen LogP contribution in [0.3, 0.4) is 0 Å². The lowest BCUT2D eigenvalue weighted by Crippen LogP contribution is -2.55. The average molecular weight is 738 g/mol. The van der Waals surface area contributed by atoms with Crippen molar-refractivity contribution in [2.75, 3.05) is 9.62 Å². The fourth-order valence-corrected chi connectivity index (χ4v) is 8.29. The normalized spacial score (nSPS) is 13.0. The van der Waals surface area contributed by atoms with E-state index in [2.05, 4.69) is 191 Å². The van der Waals surface area contributed by atoms with E-state index in [1.807, 2.05) is 6.20 Å². The molecule has 4 aromatic carbocycles. The Kier molecular flexibility index (Phi) is 9.69. The number of hydrogen-bond acceptors (Lipinski definition) is 5. The summed E-state index contributed by atoms with van der Waals surface area (Å²) in [5, 5.41) is 0.